The van der Waals surface area contributed by atoms with Gasteiger partial charge in [-0.1, -0.05) is 13.3 Å². The minimum atomic E-state index is 0.433. The summed E-state index contributed by atoms with van der Waals surface area (Å²) in [7, 11) is 0. The second-order valence-corrected chi connectivity index (χ2v) is 5.41. The molecule has 0 spiro atoms. The zero-order chi connectivity index (χ0) is 11.3. The maximum absolute atomic E-state index is 5.67. The van der Waals surface area contributed by atoms with E-state index in [1.165, 1.54) is 32.2 Å². The van der Waals surface area contributed by atoms with Crippen molar-refractivity contribution in [3.8, 4) is 0 Å². The Balaban J connectivity index is 1.51. The largest absolute Gasteiger partial charge is 0.376 e. The molecule has 0 aromatic heterocycles. The number of rotatable bonds is 7. The first-order valence-corrected chi connectivity index (χ1v) is 6.88. The van der Waals surface area contributed by atoms with E-state index in [4.69, 9.17) is 4.74 Å². The predicted octanol–water partition coefficient (Wildman–Crippen LogP) is 1.53. The highest BCUT2D eigenvalue weighted by Crippen LogP contribution is 2.48. The Kier molecular flexibility index (Phi) is 4.62. The molecule has 3 nitrogen and oxygen atoms in total. The number of hydrogen-bond donors (Lipinski definition) is 2. The van der Waals surface area contributed by atoms with Crippen LogP contribution in [-0.2, 0) is 4.74 Å². The number of ether oxygens (including phenoxy) is 1. The van der Waals surface area contributed by atoms with Crippen molar-refractivity contribution in [3.63, 3.8) is 0 Å². The summed E-state index contributed by atoms with van der Waals surface area (Å²) in [5.74, 6) is 0. The van der Waals surface area contributed by atoms with E-state index < -0.39 is 0 Å². The van der Waals surface area contributed by atoms with Gasteiger partial charge in [-0.3, -0.25) is 0 Å². The van der Waals surface area contributed by atoms with Crippen molar-refractivity contribution < 1.29 is 4.74 Å². The molecule has 1 aliphatic heterocycles. The Morgan fingerprint density at radius 2 is 2.31 bits per heavy atom. The first-order chi connectivity index (χ1) is 7.85. The van der Waals surface area contributed by atoms with E-state index in [-0.39, 0.29) is 0 Å². The second kappa shape index (κ2) is 5.99. The first kappa shape index (κ1) is 12.3. The van der Waals surface area contributed by atoms with Crippen LogP contribution in [0.15, 0.2) is 0 Å². The Hall–Kier alpha value is -0.120. The van der Waals surface area contributed by atoms with Gasteiger partial charge in [0.1, 0.15) is 0 Å². The standard InChI is InChI=1S/C13H26N2O/c1-2-4-13(5-6-13)11-15-7-3-12-10-14-8-9-16-12/h12,14-15H,2-11H2,1H3. The molecule has 1 heterocycles. The van der Waals surface area contributed by atoms with E-state index >= 15 is 0 Å². The van der Waals surface area contributed by atoms with Crippen LogP contribution in [-0.4, -0.2) is 38.9 Å². The molecule has 2 aliphatic rings. The maximum Gasteiger partial charge on any atom is 0.0712 e. The molecule has 0 bridgehead atoms. The molecule has 94 valence electrons. The monoisotopic (exact) mass is 226 g/mol. The lowest BCUT2D eigenvalue weighted by atomic mass is 10.0. The van der Waals surface area contributed by atoms with Gasteiger partial charge in [-0.15, -0.1) is 0 Å². The van der Waals surface area contributed by atoms with Crippen LogP contribution in [0, 0.1) is 5.41 Å². The lowest BCUT2D eigenvalue weighted by molar-refractivity contribution is 0.0237. The summed E-state index contributed by atoms with van der Waals surface area (Å²) in [5, 5.41) is 6.98. The Bertz CT molecular complexity index is 198. The van der Waals surface area contributed by atoms with Crippen molar-refractivity contribution >= 4 is 0 Å². The number of nitrogens with one attached hydrogen (secondary N) is 2. The highest BCUT2D eigenvalue weighted by Gasteiger charge is 2.40. The van der Waals surface area contributed by atoms with E-state index in [1.54, 1.807) is 0 Å². The van der Waals surface area contributed by atoms with Crippen LogP contribution < -0.4 is 10.6 Å². The van der Waals surface area contributed by atoms with Crippen molar-refractivity contribution in [2.75, 3.05) is 32.8 Å². The summed E-state index contributed by atoms with van der Waals surface area (Å²) in [4.78, 5) is 0. The molecule has 1 unspecified atom stereocenters. The maximum atomic E-state index is 5.67. The predicted molar refractivity (Wildman–Crippen MR) is 66.7 cm³/mol. The number of hydrogen-bond acceptors (Lipinski definition) is 3. The fourth-order valence-electron chi connectivity index (χ4n) is 2.64. The van der Waals surface area contributed by atoms with Gasteiger partial charge in [0.25, 0.3) is 0 Å². The molecular weight excluding hydrogens is 200 g/mol. The lowest BCUT2D eigenvalue weighted by Crippen LogP contribution is -2.40. The van der Waals surface area contributed by atoms with E-state index in [1.807, 2.05) is 0 Å². The van der Waals surface area contributed by atoms with Gasteiger partial charge >= 0.3 is 0 Å². The SMILES string of the molecule is CCCC1(CNCCC2CNCCO2)CC1. The molecule has 2 fully saturated rings. The van der Waals surface area contributed by atoms with Crippen LogP contribution in [0.3, 0.4) is 0 Å². The fraction of sp³-hybridized carbons (Fsp3) is 1.00. The minimum absolute atomic E-state index is 0.433. The average molecular weight is 226 g/mol. The molecule has 0 aromatic rings. The average Bonchev–Trinajstić information content (AvgIpc) is 3.07. The van der Waals surface area contributed by atoms with Crippen LogP contribution in [0.1, 0.15) is 39.0 Å². The summed E-state index contributed by atoms with van der Waals surface area (Å²) in [6, 6.07) is 0. The van der Waals surface area contributed by atoms with Gasteiger partial charge in [-0.05, 0) is 37.6 Å². The zero-order valence-electron chi connectivity index (χ0n) is 10.6. The van der Waals surface area contributed by atoms with Gasteiger partial charge in [0.05, 0.1) is 12.7 Å². The van der Waals surface area contributed by atoms with E-state index in [0.29, 0.717) is 11.5 Å². The van der Waals surface area contributed by atoms with Crippen molar-refractivity contribution in [1.29, 1.82) is 0 Å². The van der Waals surface area contributed by atoms with Gasteiger partial charge < -0.3 is 15.4 Å². The summed E-state index contributed by atoms with van der Waals surface area (Å²) < 4.78 is 5.67. The Labute approximate surface area is 99.3 Å². The Morgan fingerprint density at radius 3 is 2.94 bits per heavy atom. The fourth-order valence-corrected chi connectivity index (χ4v) is 2.64. The van der Waals surface area contributed by atoms with Crippen molar-refractivity contribution in [2.45, 2.75) is 45.1 Å². The third kappa shape index (κ3) is 3.72. The normalized spacial score (nSPS) is 27.9. The third-order valence-electron chi connectivity index (χ3n) is 3.88. The molecular formula is C13H26N2O. The van der Waals surface area contributed by atoms with Gasteiger partial charge in [0, 0.05) is 19.6 Å². The molecule has 1 aliphatic carbocycles. The van der Waals surface area contributed by atoms with E-state index in [0.717, 1.165) is 32.7 Å². The second-order valence-electron chi connectivity index (χ2n) is 5.41. The van der Waals surface area contributed by atoms with Crippen LogP contribution in [0.25, 0.3) is 0 Å². The smallest absolute Gasteiger partial charge is 0.0712 e. The lowest BCUT2D eigenvalue weighted by Gasteiger charge is -2.24. The molecule has 16 heavy (non-hydrogen) atoms. The third-order valence-corrected chi connectivity index (χ3v) is 3.88. The van der Waals surface area contributed by atoms with Gasteiger partial charge in [-0.2, -0.15) is 0 Å². The molecule has 1 saturated carbocycles. The minimum Gasteiger partial charge on any atom is -0.376 e. The van der Waals surface area contributed by atoms with Gasteiger partial charge in [0.15, 0.2) is 0 Å². The topological polar surface area (TPSA) is 33.3 Å². The van der Waals surface area contributed by atoms with Gasteiger partial charge in [-0.25, -0.2) is 0 Å². The summed E-state index contributed by atoms with van der Waals surface area (Å²) in [6.45, 7) is 7.55. The number of morpholine rings is 1. The van der Waals surface area contributed by atoms with Crippen LogP contribution >= 0.6 is 0 Å². The van der Waals surface area contributed by atoms with Crippen LogP contribution in [0.2, 0.25) is 0 Å². The van der Waals surface area contributed by atoms with Crippen molar-refractivity contribution in [3.05, 3.63) is 0 Å². The van der Waals surface area contributed by atoms with Gasteiger partial charge in [0.2, 0.25) is 0 Å². The van der Waals surface area contributed by atoms with Crippen LogP contribution in [0.4, 0.5) is 0 Å². The highest BCUT2D eigenvalue weighted by atomic mass is 16.5. The summed E-state index contributed by atoms with van der Waals surface area (Å²) in [5.41, 5.74) is 0.681. The van der Waals surface area contributed by atoms with Crippen LogP contribution in [0.5, 0.6) is 0 Å². The van der Waals surface area contributed by atoms with E-state index in [2.05, 4.69) is 17.6 Å². The first-order valence-electron chi connectivity index (χ1n) is 6.88. The molecule has 1 saturated heterocycles. The molecule has 0 radical (unpaired) electrons. The molecule has 0 amide bonds. The molecule has 0 aromatic carbocycles. The van der Waals surface area contributed by atoms with E-state index in [9.17, 15) is 0 Å². The molecule has 3 heteroatoms. The Morgan fingerprint density at radius 1 is 1.44 bits per heavy atom. The molecule has 1 atom stereocenters. The summed E-state index contributed by atoms with van der Waals surface area (Å²) in [6.07, 6.45) is 7.20. The quantitative estimate of drug-likeness (QED) is 0.646. The molecule has 2 rings (SSSR count). The zero-order valence-corrected chi connectivity index (χ0v) is 10.6. The molecule has 2 N–H and O–H groups in total. The summed E-state index contributed by atoms with van der Waals surface area (Å²) >= 11 is 0. The highest BCUT2D eigenvalue weighted by molar-refractivity contribution is 4.94. The van der Waals surface area contributed by atoms with Crippen molar-refractivity contribution in [2.24, 2.45) is 5.41 Å². The van der Waals surface area contributed by atoms with Crippen molar-refractivity contribution in [1.82, 2.24) is 10.6 Å².